The second-order valence-electron chi connectivity index (χ2n) is 3.29. The van der Waals surface area contributed by atoms with Gasteiger partial charge in [0.2, 0.25) is 0 Å². The van der Waals surface area contributed by atoms with Crippen molar-refractivity contribution >= 4 is 17.1 Å². The molecule has 0 aliphatic rings. The van der Waals surface area contributed by atoms with Crippen LogP contribution in [0.15, 0.2) is 12.1 Å². The molecule has 0 amide bonds. The monoisotopic (exact) mass is 281 g/mol. The number of halogens is 3. The second kappa shape index (κ2) is 4.96. The van der Waals surface area contributed by atoms with Crippen LogP contribution in [0.4, 0.5) is 30.2 Å². The van der Waals surface area contributed by atoms with Crippen molar-refractivity contribution in [1.82, 2.24) is 0 Å². The molecule has 19 heavy (non-hydrogen) atoms. The summed E-state index contributed by atoms with van der Waals surface area (Å²) in [7, 11) is 0. The molecule has 8 nitrogen and oxygen atoms in total. The Morgan fingerprint density at radius 3 is 2.21 bits per heavy atom. The van der Waals surface area contributed by atoms with E-state index in [1.165, 1.54) is 0 Å². The zero-order chi connectivity index (χ0) is 14.8. The van der Waals surface area contributed by atoms with Gasteiger partial charge in [-0.15, -0.1) is 0 Å². The molecule has 0 radical (unpaired) electrons. The summed E-state index contributed by atoms with van der Waals surface area (Å²) in [5.74, 6) is -0.766. The summed E-state index contributed by atoms with van der Waals surface area (Å²) in [4.78, 5) is 19.0. The Kier molecular flexibility index (Phi) is 3.77. The van der Waals surface area contributed by atoms with Crippen molar-refractivity contribution in [3.63, 3.8) is 0 Å². The number of anilines is 1. The average Bonchev–Trinajstić information content (AvgIpc) is 2.25. The number of nitrogens with zero attached hydrogens (tertiary/aromatic N) is 2. The lowest BCUT2D eigenvalue weighted by molar-refractivity contribution is -0.393. The first-order valence-corrected chi connectivity index (χ1v) is 4.53. The van der Waals surface area contributed by atoms with E-state index in [-0.39, 0.29) is 0 Å². The molecule has 1 rings (SSSR count). The van der Waals surface area contributed by atoms with Gasteiger partial charge >= 0.3 is 11.9 Å². The quantitative estimate of drug-likeness (QED) is 0.511. The number of nitro benzene ring substituents is 2. The summed E-state index contributed by atoms with van der Waals surface area (Å²) in [6, 6.07) is 1.13. The molecule has 0 aromatic heterocycles. The van der Waals surface area contributed by atoms with E-state index in [0.717, 1.165) is 0 Å². The number of alkyl halides is 3. The van der Waals surface area contributed by atoms with Gasteiger partial charge in [0.15, 0.2) is 18.0 Å². The Hall–Kier alpha value is -2.59. The summed E-state index contributed by atoms with van der Waals surface area (Å²) < 4.78 is 40.1. The van der Waals surface area contributed by atoms with E-state index in [1.54, 1.807) is 0 Å². The highest BCUT2D eigenvalue weighted by molar-refractivity contribution is 5.71. The fourth-order valence-corrected chi connectivity index (χ4v) is 1.13. The SMILES string of the molecule is Nc1c(OCC(F)(F)F)cc([N+](=O)[O-])cc1[N+](=O)[O-]. The zero-order valence-electron chi connectivity index (χ0n) is 9.01. The van der Waals surface area contributed by atoms with Crippen molar-refractivity contribution < 1.29 is 27.8 Å². The fraction of sp³-hybridized carbons (Fsp3) is 0.250. The van der Waals surface area contributed by atoms with Crippen LogP contribution >= 0.6 is 0 Å². The van der Waals surface area contributed by atoms with Gasteiger partial charge in [0, 0.05) is 0 Å². The minimum atomic E-state index is -4.70. The molecule has 1 aromatic rings. The molecule has 0 aliphatic heterocycles. The molecule has 1 aromatic carbocycles. The molecular formula is C8H6F3N3O5. The van der Waals surface area contributed by atoms with Gasteiger partial charge in [-0.25, -0.2) is 0 Å². The number of hydrogen-bond donors (Lipinski definition) is 1. The van der Waals surface area contributed by atoms with Crippen LogP contribution in [-0.4, -0.2) is 22.6 Å². The minimum absolute atomic E-state index is 0.537. The number of nitrogens with two attached hydrogens (primary N) is 1. The van der Waals surface area contributed by atoms with Gasteiger partial charge in [-0.1, -0.05) is 0 Å². The summed E-state index contributed by atoms with van der Waals surface area (Å²) >= 11 is 0. The van der Waals surface area contributed by atoms with E-state index < -0.39 is 45.4 Å². The molecule has 0 saturated heterocycles. The average molecular weight is 281 g/mol. The molecule has 2 N–H and O–H groups in total. The molecule has 104 valence electrons. The van der Waals surface area contributed by atoms with Gasteiger partial charge < -0.3 is 10.5 Å². The maximum atomic E-state index is 12.0. The predicted octanol–water partition coefficient (Wildman–Crippen LogP) is 2.03. The van der Waals surface area contributed by atoms with Crippen LogP contribution in [0.2, 0.25) is 0 Å². The van der Waals surface area contributed by atoms with E-state index in [2.05, 4.69) is 4.74 Å². The Bertz CT molecular complexity index is 531. The lowest BCUT2D eigenvalue weighted by Crippen LogP contribution is -2.20. The lowest BCUT2D eigenvalue weighted by atomic mass is 10.2. The maximum Gasteiger partial charge on any atom is 0.422 e. The third-order valence-corrected chi connectivity index (χ3v) is 1.90. The highest BCUT2D eigenvalue weighted by Gasteiger charge is 2.30. The third kappa shape index (κ3) is 3.69. The summed E-state index contributed by atoms with van der Waals surface area (Å²) in [5, 5.41) is 21.1. The first-order valence-electron chi connectivity index (χ1n) is 4.53. The normalized spacial score (nSPS) is 11.1. The second-order valence-corrected chi connectivity index (χ2v) is 3.29. The summed E-state index contributed by atoms with van der Waals surface area (Å²) in [5.41, 5.74) is 2.83. The predicted molar refractivity (Wildman–Crippen MR) is 55.7 cm³/mol. The molecule has 0 spiro atoms. The van der Waals surface area contributed by atoms with E-state index in [9.17, 15) is 33.4 Å². The largest absolute Gasteiger partial charge is 0.481 e. The van der Waals surface area contributed by atoms with Crippen molar-refractivity contribution in [2.75, 3.05) is 12.3 Å². The van der Waals surface area contributed by atoms with Crippen LogP contribution < -0.4 is 10.5 Å². The fourth-order valence-electron chi connectivity index (χ4n) is 1.13. The van der Waals surface area contributed by atoms with E-state index in [4.69, 9.17) is 5.73 Å². The molecule has 0 atom stereocenters. The number of benzene rings is 1. The number of ether oxygens (including phenoxy) is 1. The van der Waals surface area contributed by atoms with Gasteiger partial charge in [-0.2, -0.15) is 13.2 Å². The van der Waals surface area contributed by atoms with E-state index >= 15 is 0 Å². The zero-order valence-corrected chi connectivity index (χ0v) is 9.01. The molecule has 0 aliphatic carbocycles. The van der Waals surface area contributed by atoms with Gasteiger partial charge in [0.05, 0.1) is 22.0 Å². The van der Waals surface area contributed by atoms with Crippen LogP contribution in [0, 0.1) is 20.2 Å². The van der Waals surface area contributed by atoms with E-state index in [0.29, 0.717) is 12.1 Å². The summed E-state index contributed by atoms with van der Waals surface area (Å²) in [6.07, 6.45) is -4.70. The number of hydrogen-bond acceptors (Lipinski definition) is 6. The Morgan fingerprint density at radius 1 is 1.21 bits per heavy atom. The van der Waals surface area contributed by atoms with Crippen LogP contribution in [0.3, 0.4) is 0 Å². The Morgan fingerprint density at radius 2 is 1.79 bits per heavy atom. The minimum Gasteiger partial charge on any atom is -0.481 e. The van der Waals surface area contributed by atoms with Crippen LogP contribution in [0.25, 0.3) is 0 Å². The number of nitrogen functional groups attached to an aromatic ring is 1. The van der Waals surface area contributed by atoms with Gasteiger partial charge in [-0.05, 0) is 0 Å². The smallest absolute Gasteiger partial charge is 0.422 e. The first-order chi connectivity index (χ1) is 8.61. The van der Waals surface area contributed by atoms with Crippen LogP contribution in [0.5, 0.6) is 5.75 Å². The highest BCUT2D eigenvalue weighted by Crippen LogP contribution is 2.36. The first kappa shape index (κ1) is 14.5. The molecule has 0 bridgehead atoms. The summed E-state index contributed by atoms with van der Waals surface area (Å²) in [6.45, 7) is -1.77. The standard InChI is InChI=1S/C8H6F3N3O5/c9-8(10,11)3-19-6-2-4(13(15)16)1-5(7(6)12)14(17)18/h1-2H,3,12H2. The topological polar surface area (TPSA) is 122 Å². The van der Waals surface area contributed by atoms with Gasteiger partial charge in [0.25, 0.3) is 5.69 Å². The number of nitro groups is 2. The van der Waals surface area contributed by atoms with Gasteiger partial charge in [-0.3, -0.25) is 20.2 Å². The Labute approximate surface area is 102 Å². The van der Waals surface area contributed by atoms with Crippen LogP contribution in [-0.2, 0) is 0 Å². The third-order valence-electron chi connectivity index (χ3n) is 1.90. The Balaban J connectivity index is 3.22. The molecule has 0 saturated carbocycles. The maximum absolute atomic E-state index is 12.0. The highest BCUT2D eigenvalue weighted by atomic mass is 19.4. The van der Waals surface area contributed by atoms with E-state index in [1.807, 2.05) is 0 Å². The molecular weight excluding hydrogens is 275 g/mol. The number of rotatable bonds is 4. The number of non-ortho nitro benzene ring substituents is 1. The molecule has 11 heteroatoms. The molecule has 0 fully saturated rings. The van der Waals surface area contributed by atoms with Crippen molar-refractivity contribution in [2.45, 2.75) is 6.18 Å². The van der Waals surface area contributed by atoms with Crippen LogP contribution in [0.1, 0.15) is 0 Å². The van der Waals surface area contributed by atoms with Crippen molar-refractivity contribution in [3.8, 4) is 5.75 Å². The van der Waals surface area contributed by atoms with Crippen molar-refractivity contribution in [1.29, 1.82) is 0 Å². The van der Waals surface area contributed by atoms with Gasteiger partial charge in [0.1, 0.15) is 0 Å². The van der Waals surface area contributed by atoms with Crippen molar-refractivity contribution in [2.24, 2.45) is 0 Å². The molecule has 0 unspecified atom stereocenters. The van der Waals surface area contributed by atoms with Crippen molar-refractivity contribution in [3.05, 3.63) is 32.4 Å². The lowest BCUT2D eigenvalue weighted by Gasteiger charge is -2.10. The molecule has 0 heterocycles.